The van der Waals surface area contributed by atoms with Gasteiger partial charge in [0.1, 0.15) is 4.88 Å². The van der Waals surface area contributed by atoms with E-state index in [1.165, 1.54) is 11.3 Å². The summed E-state index contributed by atoms with van der Waals surface area (Å²) in [6.07, 6.45) is 0. The predicted molar refractivity (Wildman–Crippen MR) is 80.2 cm³/mol. The average molecular weight is 295 g/mol. The highest BCUT2D eigenvalue weighted by Crippen LogP contribution is 2.35. The minimum absolute atomic E-state index is 0.0688. The van der Waals surface area contributed by atoms with E-state index in [0.717, 1.165) is 36.3 Å². The Kier molecular flexibility index (Phi) is 3.48. The zero-order valence-corrected chi connectivity index (χ0v) is 12.3. The molecule has 19 heavy (non-hydrogen) atoms. The first-order valence-electron chi connectivity index (χ1n) is 6.31. The summed E-state index contributed by atoms with van der Waals surface area (Å²) in [5.74, 6) is 0.0688. The van der Waals surface area contributed by atoms with Crippen molar-refractivity contribution in [2.75, 3.05) is 33.2 Å². The average Bonchev–Trinajstić information content (AvgIpc) is 2.77. The molecule has 0 spiro atoms. The number of piperazine rings is 1. The molecule has 0 radical (unpaired) electrons. The van der Waals surface area contributed by atoms with E-state index >= 15 is 0 Å². The normalized spacial score (nSPS) is 17.1. The lowest BCUT2D eigenvalue weighted by molar-refractivity contribution is 0.0669. The molecule has 3 rings (SSSR count). The summed E-state index contributed by atoms with van der Waals surface area (Å²) >= 11 is 7.84. The number of hydrogen-bond acceptors (Lipinski definition) is 3. The lowest BCUT2D eigenvalue weighted by atomic mass is 10.2. The maximum atomic E-state index is 12.5. The number of rotatable bonds is 1. The second-order valence-corrected chi connectivity index (χ2v) is 6.27. The van der Waals surface area contributed by atoms with Gasteiger partial charge in [-0.05, 0) is 13.1 Å². The van der Waals surface area contributed by atoms with Gasteiger partial charge in [0.05, 0.1) is 5.02 Å². The predicted octanol–water partition coefficient (Wildman–Crippen LogP) is 2.94. The molecule has 5 heteroatoms. The molecule has 1 aliphatic rings. The second-order valence-electron chi connectivity index (χ2n) is 4.84. The lowest BCUT2D eigenvalue weighted by Gasteiger charge is -2.32. The Morgan fingerprint density at radius 1 is 1.21 bits per heavy atom. The number of halogens is 1. The van der Waals surface area contributed by atoms with Crippen molar-refractivity contribution in [3.8, 4) is 0 Å². The molecule has 3 nitrogen and oxygen atoms in total. The van der Waals surface area contributed by atoms with Crippen molar-refractivity contribution in [1.82, 2.24) is 9.80 Å². The van der Waals surface area contributed by atoms with Gasteiger partial charge in [-0.1, -0.05) is 29.8 Å². The fourth-order valence-electron chi connectivity index (χ4n) is 2.30. The van der Waals surface area contributed by atoms with Gasteiger partial charge >= 0.3 is 0 Å². The largest absolute Gasteiger partial charge is 0.335 e. The van der Waals surface area contributed by atoms with E-state index in [1.807, 2.05) is 29.2 Å². The quantitative estimate of drug-likeness (QED) is 0.807. The molecule has 0 saturated carbocycles. The number of nitrogens with zero attached hydrogens (tertiary/aromatic N) is 2. The van der Waals surface area contributed by atoms with Crippen molar-refractivity contribution in [2.24, 2.45) is 0 Å². The minimum Gasteiger partial charge on any atom is -0.335 e. The molecular weight excluding hydrogens is 280 g/mol. The van der Waals surface area contributed by atoms with Crippen molar-refractivity contribution in [2.45, 2.75) is 0 Å². The van der Waals surface area contributed by atoms with Crippen molar-refractivity contribution >= 4 is 38.9 Å². The van der Waals surface area contributed by atoms with E-state index in [9.17, 15) is 4.79 Å². The SMILES string of the molecule is CN1CCN(C(=O)c2sc3ccccc3c2Cl)CC1. The topological polar surface area (TPSA) is 23.6 Å². The summed E-state index contributed by atoms with van der Waals surface area (Å²) < 4.78 is 1.07. The van der Waals surface area contributed by atoms with E-state index in [1.54, 1.807) is 0 Å². The molecule has 1 aromatic heterocycles. The number of carbonyl (C=O) groups excluding carboxylic acids is 1. The number of benzene rings is 1. The summed E-state index contributed by atoms with van der Waals surface area (Å²) in [6.45, 7) is 3.41. The van der Waals surface area contributed by atoms with E-state index in [-0.39, 0.29) is 5.91 Å². The third-order valence-corrected chi connectivity index (χ3v) is 5.18. The van der Waals surface area contributed by atoms with Crippen LogP contribution in [-0.2, 0) is 0 Å². The molecule has 1 aliphatic heterocycles. The molecule has 0 aliphatic carbocycles. The van der Waals surface area contributed by atoms with Crippen molar-refractivity contribution in [3.63, 3.8) is 0 Å². The highest BCUT2D eigenvalue weighted by atomic mass is 35.5. The van der Waals surface area contributed by atoms with E-state index < -0.39 is 0 Å². The summed E-state index contributed by atoms with van der Waals surface area (Å²) in [4.78, 5) is 17.3. The first kappa shape index (κ1) is 12.9. The zero-order chi connectivity index (χ0) is 13.4. The monoisotopic (exact) mass is 294 g/mol. The van der Waals surface area contributed by atoms with Crippen LogP contribution in [0.1, 0.15) is 9.67 Å². The van der Waals surface area contributed by atoms with Gasteiger partial charge in [0.25, 0.3) is 5.91 Å². The van der Waals surface area contributed by atoms with Crippen LogP contribution >= 0.6 is 22.9 Å². The first-order chi connectivity index (χ1) is 9.16. The molecule has 1 fully saturated rings. The smallest absolute Gasteiger partial charge is 0.265 e. The standard InChI is InChI=1S/C14H15ClN2OS/c1-16-6-8-17(9-7-16)14(18)13-12(15)10-4-2-3-5-11(10)19-13/h2-5H,6-9H2,1H3. The van der Waals surface area contributed by atoms with E-state index in [2.05, 4.69) is 11.9 Å². The number of thiophene rings is 1. The Morgan fingerprint density at radius 2 is 1.89 bits per heavy atom. The van der Waals surface area contributed by atoms with Gasteiger partial charge in [0.2, 0.25) is 0 Å². The Balaban J connectivity index is 1.91. The summed E-state index contributed by atoms with van der Waals surface area (Å²) in [5.41, 5.74) is 0. The fourth-order valence-corrected chi connectivity index (χ4v) is 3.78. The molecule has 2 heterocycles. The van der Waals surface area contributed by atoms with Gasteiger partial charge in [-0.2, -0.15) is 0 Å². The van der Waals surface area contributed by atoms with Crippen LogP contribution < -0.4 is 0 Å². The van der Waals surface area contributed by atoms with Gasteiger partial charge in [-0.15, -0.1) is 11.3 Å². The number of likely N-dealkylation sites (N-methyl/N-ethyl adjacent to an activating group) is 1. The van der Waals surface area contributed by atoms with Gasteiger partial charge < -0.3 is 9.80 Å². The fraction of sp³-hybridized carbons (Fsp3) is 0.357. The van der Waals surface area contributed by atoms with Gasteiger partial charge in [-0.3, -0.25) is 4.79 Å². The molecule has 0 atom stereocenters. The lowest BCUT2D eigenvalue weighted by Crippen LogP contribution is -2.47. The van der Waals surface area contributed by atoms with Crippen molar-refractivity contribution < 1.29 is 4.79 Å². The maximum Gasteiger partial charge on any atom is 0.265 e. The van der Waals surface area contributed by atoms with Crippen LogP contribution in [0.3, 0.4) is 0 Å². The highest BCUT2D eigenvalue weighted by Gasteiger charge is 2.24. The molecule has 1 aromatic carbocycles. The Morgan fingerprint density at radius 3 is 2.58 bits per heavy atom. The third-order valence-electron chi connectivity index (χ3n) is 3.52. The molecule has 1 amide bonds. The molecule has 2 aromatic rings. The molecule has 100 valence electrons. The number of fused-ring (bicyclic) bond motifs is 1. The molecular formula is C14H15ClN2OS. The number of amides is 1. The Labute approximate surface area is 121 Å². The van der Waals surface area contributed by atoms with Crippen LogP contribution in [0.5, 0.6) is 0 Å². The van der Waals surface area contributed by atoms with Crippen LogP contribution in [-0.4, -0.2) is 48.9 Å². The summed E-state index contributed by atoms with van der Waals surface area (Å²) in [5, 5.41) is 1.58. The number of carbonyl (C=O) groups is 1. The van der Waals surface area contributed by atoms with Gasteiger partial charge in [-0.25, -0.2) is 0 Å². The van der Waals surface area contributed by atoms with Crippen LogP contribution in [0.25, 0.3) is 10.1 Å². The molecule has 0 bridgehead atoms. The highest BCUT2D eigenvalue weighted by molar-refractivity contribution is 7.21. The van der Waals surface area contributed by atoms with Crippen LogP contribution in [0.2, 0.25) is 5.02 Å². The third kappa shape index (κ3) is 2.36. The maximum absolute atomic E-state index is 12.5. The van der Waals surface area contributed by atoms with Gasteiger partial charge in [0.15, 0.2) is 0 Å². The molecule has 0 N–H and O–H groups in total. The van der Waals surface area contributed by atoms with Crippen molar-refractivity contribution in [3.05, 3.63) is 34.2 Å². The summed E-state index contributed by atoms with van der Waals surface area (Å²) in [7, 11) is 2.08. The van der Waals surface area contributed by atoms with E-state index in [0.29, 0.717) is 9.90 Å². The number of hydrogen-bond donors (Lipinski definition) is 0. The first-order valence-corrected chi connectivity index (χ1v) is 7.51. The zero-order valence-electron chi connectivity index (χ0n) is 10.7. The van der Waals surface area contributed by atoms with Crippen LogP contribution in [0.4, 0.5) is 0 Å². The van der Waals surface area contributed by atoms with Crippen molar-refractivity contribution in [1.29, 1.82) is 0 Å². The minimum atomic E-state index is 0.0688. The Bertz CT molecular complexity index is 617. The molecule has 1 saturated heterocycles. The molecule has 0 unspecified atom stereocenters. The van der Waals surface area contributed by atoms with Crippen LogP contribution in [0.15, 0.2) is 24.3 Å². The summed E-state index contributed by atoms with van der Waals surface area (Å²) in [6, 6.07) is 7.89. The Hall–Kier alpha value is -1.10. The van der Waals surface area contributed by atoms with Crippen LogP contribution in [0, 0.1) is 0 Å². The van der Waals surface area contributed by atoms with E-state index in [4.69, 9.17) is 11.6 Å². The van der Waals surface area contributed by atoms with Gasteiger partial charge in [0, 0.05) is 36.3 Å². The second kappa shape index (κ2) is 5.12.